The summed E-state index contributed by atoms with van der Waals surface area (Å²) in [5, 5.41) is 13.8. The number of fused-ring (bicyclic) bond motifs is 1. The molecule has 0 saturated carbocycles. The van der Waals surface area contributed by atoms with Crippen molar-refractivity contribution in [3.05, 3.63) is 83.6 Å². The molecule has 4 aromatic rings. The van der Waals surface area contributed by atoms with Crippen molar-refractivity contribution < 1.29 is 22.4 Å². The first kappa shape index (κ1) is 21.8. The molecule has 34 heavy (non-hydrogen) atoms. The van der Waals surface area contributed by atoms with Crippen LogP contribution in [0.15, 0.2) is 65.5 Å². The van der Waals surface area contributed by atoms with Crippen LogP contribution < -0.4 is 10.6 Å². The summed E-state index contributed by atoms with van der Waals surface area (Å²) >= 11 is 0. The number of nitrogens with zero attached hydrogens (tertiary/aromatic N) is 4. The van der Waals surface area contributed by atoms with Crippen molar-refractivity contribution in [1.82, 2.24) is 19.6 Å². The topological polar surface area (TPSA) is 89.9 Å². The van der Waals surface area contributed by atoms with Gasteiger partial charge < -0.3 is 15.1 Å². The van der Waals surface area contributed by atoms with Crippen LogP contribution in [0.2, 0.25) is 0 Å². The lowest BCUT2D eigenvalue weighted by atomic mass is 10.0. The summed E-state index contributed by atoms with van der Waals surface area (Å²) in [7, 11) is 0. The Morgan fingerprint density at radius 2 is 2.03 bits per heavy atom. The minimum Gasteiger partial charge on any atom is -0.467 e. The zero-order chi connectivity index (χ0) is 23.9. The molecule has 4 heterocycles. The molecule has 11 heteroatoms. The zero-order valence-electron chi connectivity index (χ0n) is 18.1. The summed E-state index contributed by atoms with van der Waals surface area (Å²) in [4.78, 5) is 12.9. The van der Waals surface area contributed by atoms with Gasteiger partial charge in [0, 0.05) is 18.7 Å². The number of anilines is 2. The molecule has 176 valence electrons. The van der Waals surface area contributed by atoms with Gasteiger partial charge in [-0.3, -0.25) is 9.48 Å². The number of aryl methyl sites for hydroxylation is 1. The fourth-order valence-corrected chi connectivity index (χ4v) is 3.99. The molecule has 5 rings (SSSR count). The van der Waals surface area contributed by atoms with Gasteiger partial charge >= 0.3 is 6.18 Å². The summed E-state index contributed by atoms with van der Waals surface area (Å²) < 4.78 is 49.1. The highest BCUT2D eigenvalue weighted by Crippen LogP contribution is 2.44. The van der Waals surface area contributed by atoms with Crippen LogP contribution in [0.1, 0.15) is 45.7 Å². The first-order valence-corrected chi connectivity index (χ1v) is 10.6. The number of halogens is 3. The molecule has 0 radical (unpaired) electrons. The molecular formula is C23H21F3N6O2. The Bertz CT molecular complexity index is 1290. The van der Waals surface area contributed by atoms with Gasteiger partial charge in [-0.15, -0.1) is 0 Å². The number of aromatic nitrogens is 4. The SMILES string of the molecule is Cc1ccc(Cn2ccc(NC(=O)c3cnn4c3N[C@@H](c3ccco3)C[C@@H]4C(F)(F)F)n2)cc1. The number of hydrogen-bond acceptors (Lipinski definition) is 5. The normalized spacial score (nSPS) is 17.8. The standard InChI is InChI=1S/C23H21F3N6O2/c1-14-4-6-15(7-5-14)13-31-9-8-20(30-31)29-22(33)16-12-27-32-19(23(24,25)26)11-17(28-21(16)32)18-3-2-10-34-18/h2-10,12,17,19,28H,11,13H2,1H3,(H,29,30,33)/t17-,19-/m1/s1. The van der Waals surface area contributed by atoms with Crippen LogP contribution in [0.25, 0.3) is 0 Å². The molecule has 0 unspecified atom stereocenters. The molecule has 3 aromatic heterocycles. The molecule has 0 saturated heterocycles. The number of benzene rings is 1. The molecule has 2 N–H and O–H groups in total. The number of carbonyl (C=O) groups excluding carboxylic acids is 1. The lowest BCUT2D eigenvalue weighted by Gasteiger charge is -2.32. The number of nitrogens with one attached hydrogen (secondary N) is 2. The molecular weight excluding hydrogens is 449 g/mol. The molecule has 0 aliphatic carbocycles. The van der Waals surface area contributed by atoms with Crippen LogP contribution in [0, 0.1) is 6.92 Å². The maximum absolute atomic E-state index is 13.8. The third-order valence-electron chi connectivity index (χ3n) is 5.72. The fourth-order valence-electron chi connectivity index (χ4n) is 3.99. The summed E-state index contributed by atoms with van der Waals surface area (Å²) in [6.45, 7) is 2.52. The molecule has 1 aliphatic rings. The van der Waals surface area contributed by atoms with E-state index in [1.807, 2.05) is 31.2 Å². The molecule has 1 amide bonds. The third kappa shape index (κ3) is 4.28. The molecule has 2 atom stereocenters. The van der Waals surface area contributed by atoms with E-state index in [1.165, 1.54) is 6.26 Å². The van der Waals surface area contributed by atoms with Crippen LogP contribution >= 0.6 is 0 Å². The molecule has 1 aromatic carbocycles. The molecule has 0 spiro atoms. The Labute approximate surface area is 192 Å². The first-order chi connectivity index (χ1) is 16.3. The maximum Gasteiger partial charge on any atom is 0.410 e. The van der Waals surface area contributed by atoms with Crippen molar-refractivity contribution in [2.45, 2.75) is 38.1 Å². The van der Waals surface area contributed by atoms with Gasteiger partial charge in [0.25, 0.3) is 5.91 Å². The van der Waals surface area contributed by atoms with Gasteiger partial charge in [0.15, 0.2) is 11.9 Å². The van der Waals surface area contributed by atoms with Crippen molar-refractivity contribution in [2.24, 2.45) is 0 Å². The third-order valence-corrected chi connectivity index (χ3v) is 5.72. The van der Waals surface area contributed by atoms with E-state index < -0.39 is 24.2 Å². The number of alkyl halides is 3. The van der Waals surface area contributed by atoms with E-state index in [9.17, 15) is 18.0 Å². The number of furan rings is 1. The van der Waals surface area contributed by atoms with E-state index in [0.29, 0.717) is 12.3 Å². The Hall–Kier alpha value is -4.02. The molecule has 1 aliphatic heterocycles. The Morgan fingerprint density at radius 3 is 2.74 bits per heavy atom. The monoisotopic (exact) mass is 470 g/mol. The molecule has 8 nitrogen and oxygen atoms in total. The highest BCUT2D eigenvalue weighted by atomic mass is 19.4. The lowest BCUT2D eigenvalue weighted by Crippen LogP contribution is -2.36. The minimum absolute atomic E-state index is 0.0152. The second-order valence-electron chi connectivity index (χ2n) is 8.20. The van der Waals surface area contributed by atoms with Crippen LogP contribution in [-0.2, 0) is 6.54 Å². The quantitative estimate of drug-likeness (QED) is 0.431. The Balaban J connectivity index is 1.36. The van der Waals surface area contributed by atoms with Gasteiger partial charge in [0.05, 0.1) is 25.0 Å². The Morgan fingerprint density at radius 1 is 1.24 bits per heavy atom. The Kier molecular flexibility index (Phi) is 5.39. The number of carbonyl (C=O) groups is 1. The van der Waals surface area contributed by atoms with Crippen LogP contribution in [0.3, 0.4) is 0 Å². The second-order valence-corrected chi connectivity index (χ2v) is 8.20. The summed E-state index contributed by atoms with van der Waals surface area (Å²) in [6.07, 6.45) is -0.615. The summed E-state index contributed by atoms with van der Waals surface area (Å²) in [6, 6.07) is 10.2. The van der Waals surface area contributed by atoms with Gasteiger partial charge in [0.2, 0.25) is 0 Å². The van der Waals surface area contributed by atoms with E-state index >= 15 is 0 Å². The first-order valence-electron chi connectivity index (χ1n) is 10.6. The predicted molar refractivity (Wildman–Crippen MR) is 117 cm³/mol. The summed E-state index contributed by atoms with van der Waals surface area (Å²) in [5.41, 5.74) is 2.18. The van der Waals surface area contributed by atoms with Gasteiger partial charge in [-0.25, -0.2) is 4.68 Å². The van der Waals surface area contributed by atoms with Crippen molar-refractivity contribution in [3.63, 3.8) is 0 Å². The average molecular weight is 470 g/mol. The van der Waals surface area contributed by atoms with E-state index in [4.69, 9.17) is 4.42 Å². The second kappa shape index (κ2) is 8.40. The predicted octanol–water partition coefficient (Wildman–Crippen LogP) is 4.94. The fraction of sp³-hybridized carbons (Fsp3) is 0.261. The minimum atomic E-state index is -4.55. The number of amides is 1. The lowest BCUT2D eigenvalue weighted by molar-refractivity contribution is -0.174. The number of hydrogen-bond donors (Lipinski definition) is 2. The van der Waals surface area contributed by atoms with Crippen molar-refractivity contribution in [1.29, 1.82) is 0 Å². The zero-order valence-corrected chi connectivity index (χ0v) is 18.1. The molecule has 0 bridgehead atoms. The maximum atomic E-state index is 13.8. The van der Waals surface area contributed by atoms with Crippen molar-refractivity contribution in [3.8, 4) is 0 Å². The van der Waals surface area contributed by atoms with Gasteiger partial charge in [-0.1, -0.05) is 29.8 Å². The van der Waals surface area contributed by atoms with Crippen LogP contribution in [0.4, 0.5) is 24.8 Å². The van der Waals surface area contributed by atoms with Crippen LogP contribution in [-0.4, -0.2) is 31.6 Å². The van der Waals surface area contributed by atoms with Gasteiger partial charge in [-0.05, 0) is 24.6 Å². The van der Waals surface area contributed by atoms with E-state index in [1.54, 1.807) is 29.1 Å². The largest absolute Gasteiger partial charge is 0.467 e. The van der Waals surface area contributed by atoms with Gasteiger partial charge in [0.1, 0.15) is 17.1 Å². The van der Waals surface area contributed by atoms with Crippen LogP contribution in [0.5, 0.6) is 0 Å². The highest BCUT2D eigenvalue weighted by molar-refractivity contribution is 6.07. The van der Waals surface area contributed by atoms with E-state index in [2.05, 4.69) is 20.8 Å². The van der Waals surface area contributed by atoms with Gasteiger partial charge in [-0.2, -0.15) is 23.4 Å². The van der Waals surface area contributed by atoms with Crippen molar-refractivity contribution >= 4 is 17.5 Å². The smallest absolute Gasteiger partial charge is 0.410 e. The highest BCUT2D eigenvalue weighted by Gasteiger charge is 2.47. The van der Waals surface area contributed by atoms with E-state index in [-0.39, 0.29) is 23.6 Å². The van der Waals surface area contributed by atoms with Crippen molar-refractivity contribution in [2.75, 3.05) is 10.6 Å². The van der Waals surface area contributed by atoms with E-state index in [0.717, 1.165) is 22.0 Å². The average Bonchev–Trinajstić information content (AvgIpc) is 3.55. The summed E-state index contributed by atoms with van der Waals surface area (Å²) in [5.74, 6) is -0.00680. The molecule has 0 fully saturated rings. The number of rotatable bonds is 5.